The standard InChI is InChI=1S/C13H17F3N4O/c1-3-20-11(10(17)8(2)18-20)12(21)19-6-4-9(5-7-19)13(14,15)16/h4H,3,5-7,17H2,1-2H3. The Morgan fingerprint density at radius 2 is 2.14 bits per heavy atom. The Morgan fingerprint density at radius 1 is 1.48 bits per heavy atom. The van der Waals surface area contributed by atoms with E-state index in [4.69, 9.17) is 5.73 Å². The second kappa shape index (κ2) is 5.42. The number of nitrogens with two attached hydrogens (primary N) is 1. The van der Waals surface area contributed by atoms with Crippen molar-refractivity contribution in [2.45, 2.75) is 33.0 Å². The van der Waals surface area contributed by atoms with E-state index in [1.807, 2.05) is 6.92 Å². The van der Waals surface area contributed by atoms with Crippen LogP contribution in [0.15, 0.2) is 11.6 Å². The first kappa shape index (κ1) is 15.4. The minimum absolute atomic E-state index is 0.0254. The molecule has 0 bridgehead atoms. The van der Waals surface area contributed by atoms with Crippen molar-refractivity contribution in [2.75, 3.05) is 18.8 Å². The van der Waals surface area contributed by atoms with Gasteiger partial charge in [-0.15, -0.1) is 0 Å². The number of aryl methyl sites for hydroxylation is 2. The molecule has 2 rings (SSSR count). The van der Waals surface area contributed by atoms with Gasteiger partial charge >= 0.3 is 6.18 Å². The smallest absolute Gasteiger partial charge is 0.395 e. The van der Waals surface area contributed by atoms with Crippen LogP contribution in [-0.4, -0.2) is 39.9 Å². The van der Waals surface area contributed by atoms with Gasteiger partial charge in [-0.25, -0.2) is 0 Å². The first-order valence-corrected chi connectivity index (χ1v) is 6.64. The zero-order chi connectivity index (χ0) is 15.8. The summed E-state index contributed by atoms with van der Waals surface area (Å²) in [6.45, 7) is 3.94. The van der Waals surface area contributed by atoms with Gasteiger partial charge in [0, 0.05) is 25.2 Å². The van der Waals surface area contributed by atoms with E-state index in [1.165, 1.54) is 9.58 Å². The van der Waals surface area contributed by atoms with E-state index in [9.17, 15) is 18.0 Å². The molecule has 0 spiro atoms. The zero-order valence-corrected chi connectivity index (χ0v) is 11.9. The van der Waals surface area contributed by atoms with Gasteiger partial charge in [0.15, 0.2) is 0 Å². The molecular formula is C13H17F3N4O. The molecule has 1 aromatic rings. The molecule has 5 nitrogen and oxygen atoms in total. The summed E-state index contributed by atoms with van der Waals surface area (Å²) in [6, 6.07) is 0. The van der Waals surface area contributed by atoms with Crippen LogP contribution in [0.25, 0.3) is 0 Å². The van der Waals surface area contributed by atoms with Crippen LogP contribution in [0.5, 0.6) is 0 Å². The number of carbonyl (C=O) groups excluding carboxylic acids is 1. The lowest BCUT2D eigenvalue weighted by atomic mass is 10.1. The zero-order valence-electron chi connectivity index (χ0n) is 11.9. The lowest BCUT2D eigenvalue weighted by Crippen LogP contribution is -2.38. The minimum Gasteiger partial charge on any atom is -0.395 e. The molecule has 116 valence electrons. The van der Waals surface area contributed by atoms with Gasteiger partial charge in [0.2, 0.25) is 0 Å². The third kappa shape index (κ3) is 2.88. The first-order valence-electron chi connectivity index (χ1n) is 6.64. The van der Waals surface area contributed by atoms with Crippen LogP contribution >= 0.6 is 0 Å². The molecule has 1 aliphatic heterocycles. The average molecular weight is 302 g/mol. The summed E-state index contributed by atoms with van der Waals surface area (Å²) in [6.07, 6.45) is -3.47. The third-order valence-corrected chi connectivity index (χ3v) is 3.54. The molecule has 0 saturated heterocycles. The number of amides is 1. The minimum atomic E-state index is -4.32. The first-order chi connectivity index (χ1) is 9.75. The fraction of sp³-hybridized carbons (Fsp3) is 0.538. The highest BCUT2D eigenvalue weighted by Crippen LogP contribution is 2.30. The van der Waals surface area contributed by atoms with E-state index in [1.54, 1.807) is 6.92 Å². The van der Waals surface area contributed by atoms with Crippen LogP contribution < -0.4 is 5.73 Å². The molecule has 0 saturated carbocycles. The van der Waals surface area contributed by atoms with Crippen LogP contribution in [0.2, 0.25) is 0 Å². The number of nitrogen functional groups attached to an aromatic ring is 1. The summed E-state index contributed by atoms with van der Waals surface area (Å²) in [5.74, 6) is -0.382. The molecule has 0 atom stereocenters. The van der Waals surface area contributed by atoms with Crippen LogP contribution in [0.1, 0.15) is 29.5 Å². The van der Waals surface area contributed by atoms with E-state index >= 15 is 0 Å². The summed E-state index contributed by atoms with van der Waals surface area (Å²) in [7, 11) is 0. The maximum Gasteiger partial charge on any atom is 0.412 e. The van der Waals surface area contributed by atoms with Crippen molar-refractivity contribution in [1.82, 2.24) is 14.7 Å². The Bertz CT molecular complexity index is 589. The fourth-order valence-electron chi connectivity index (χ4n) is 2.31. The van der Waals surface area contributed by atoms with E-state index in [0.717, 1.165) is 6.08 Å². The predicted octanol–water partition coefficient (Wildman–Crippen LogP) is 2.13. The van der Waals surface area contributed by atoms with Crippen molar-refractivity contribution in [3.8, 4) is 0 Å². The molecule has 0 unspecified atom stereocenters. The van der Waals surface area contributed by atoms with Gasteiger partial charge in [-0.05, 0) is 20.3 Å². The van der Waals surface area contributed by atoms with Gasteiger partial charge < -0.3 is 10.6 Å². The van der Waals surface area contributed by atoms with Crippen molar-refractivity contribution >= 4 is 11.6 Å². The van der Waals surface area contributed by atoms with Crippen LogP contribution in [0, 0.1) is 6.92 Å². The van der Waals surface area contributed by atoms with Crippen molar-refractivity contribution < 1.29 is 18.0 Å². The van der Waals surface area contributed by atoms with Crippen LogP contribution in [0.3, 0.4) is 0 Å². The second-order valence-corrected chi connectivity index (χ2v) is 4.89. The fourth-order valence-corrected chi connectivity index (χ4v) is 2.31. The van der Waals surface area contributed by atoms with Crippen LogP contribution in [0.4, 0.5) is 18.9 Å². The van der Waals surface area contributed by atoms with E-state index < -0.39 is 11.7 Å². The molecule has 0 aromatic carbocycles. The maximum atomic E-state index is 12.6. The average Bonchev–Trinajstić information content (AvgIpc) is 2.73. The van der Waals surface area contributed by atoms with Gasteiger partial charge in [-0.2, -0.15) is 18.3 Å². The molecule has 1 aliphatic rings. The highest BCUT2D eigenvalue weighted by molar-refractivity contribution is 5.98. The molecular weight excluding hydrogens is 285 g/mol. The van der Waals surface area contributed by atoms with E-state index in [2.05, 4.69) is 5.10 Å². The number of anilines is 1. The summed E-state index contributed by atoms with van der Waals surface area (Å²) >= 11 is 0. The summed E-state index contributed by atoms with van der Waals surface area (Å²) in [4.78, 5) is 13.8. The van der Waals surface area contributed by atoms with Crippen LogP contribution in [-0.2, 0) is 6.54 Å². The highest BCUT2D eigenvalue weighted by Gasteiger charge is 2.36. The van der Waals surface area contributed by atoms with Gasteiger partial charge in [-0.1, -0.05) is 6.08 Å². The Hall–Kier alpha value is -1.99. The monoisotopic (exact) mass is 302 g/mol. The number of nitrogens with zero attached hydrogens (tertiary/aromatic N) is 3. The van der Waals surface area contributed by atoms with E-state index in [0.29, 0.717) is 12.2 Å². The lowest BCUT2D eigenvalue weighted by molar-refractivity contribution is -0.0957. The molecule has 2 N–H and O–H groups in total. The lowest BCUT2D eigenvalue weighted by Gasteiger charge is -2.27. The number of aromatic nitrogens is 2. The normalized spacial score (nSPS) is 16.0. The number of halogens is 3. The summed E-state index contributed by atoms with van der Waals surface area (Å²) in [5.41, 5.74) is 6.35. The van der Waals surface area contributed by atoms with Crippen molar-refractivity contribution in [3.05, 3.63) is 23.0 Å². The highest BCUT2D eigenvalue weighted by atomic mass is 19.4. The Kier molecular flexibility index (Phi) is 3.97. The topological polar surface area (TPSA) is 64.2 Å². The Labute approximate surface area is 120 Å². The largest absolute Gasteiger partial charge is 0.412 e. The molecule has 0 aliphatic carbocycles. The second-order valence-electron chi connectivity index (χ2n) is 4.89. The van der Waals surface area contributed by atoms with E-state index in [-0.39, 0.29) is 36.8 Å². The van der Waals surface area contributed by atoms with Gasteiger partial charge in [0.1, 0.15) is 5.69 Å². The quantitative estimate of drug-likeness (QED) is 0.851. The number of carbonyl (C=O) groups is 1. The summed E-state index contributed by atoms with van der Waals surface area (Å²) in [5, 5.41) is 4.15. The third-order valence-electron chi connectivity index (χ3n) is 3.54. The number of alkyl halides is 3. The van der Waals surface area contributed by atoms with Gasteiger partial charge in [0.25, 0.3) is 5.91 Å². The van der Waals surface area contributed by atoms with Gasteiger partial charge in [0.05, 0.1) is 11.4 Å². The number of hydrogen-bond acceptors (Lipinski definition) is 3. The Morgan fingerprint density at radius 3 is 2.62 bits per heavy atom. The SMILES string of the molecule is CCn1nc(C)c(N)c1C(=O)N1CC=C(C(F)(F)F)CC1. The summed E-state index contributed by atoms with van der Waals surface area (Å²) < 4.78 is 39.2. The predicted molar refractivity (Wildman–Crippen MR) is 71.7 cm³/mol. The molecule has 2 heterocycles. The van der Waals surface area contributed by atoms with Crippen molar-refractivity contribution in [3.63, 3.8) is 0 Å². The van der Waals surface area contributed by atoms with Crippen molar-refractivity contribution in [2.24, 2.45) is 0 Å². The van der Waals surface area contributed by atoms with Crippen molar-refractivity contribution in [1.29, 1.82) is 0 Å². The molecule has 0 fully saturated rings. The number of rotatable bonds is 2. The molecule has 21 heavy (non-hydrogen) atoms. The molecule has 8 heteroatoms. The maximum absolute atomic E-state index is 12.6. The molecule has 0 radical (unpaired) electrons. The molecule has 1 amide bonds. The number of hydrogen-bond donors (Lipinski definition) is 1. The molecule has 1 aromatic heterocycles. The van der Waals surface area contributed by atoms with Gasteiger partial charge in [-0.3, -0.25) is 9.48 Å². The Balaban J connectivity index is 2.22.